The quantitative estimate of drug-likeness (QED) is 0.812. The monoisotopic (exact) mass is 214 g/mol. The van der Waals surface area contributed by atoms with Gasteiger partial charge in [0.2, 0.25) is 0 Å². The molecule has 76 valence electrons. The Hall–Kier alpha value is -0.580. The zero-order valence-electron chi connectivity index (χ0n) is 7.52. The van der Waals surface area contributed by atoms with Crippen LogP contribution in [0.25, 0.3) is 0 Å². The Labute approximate surface area is 86.1 Å². The van der Waals surface area contributed by atoms with Crippen molar-refractivity contribution in [2.24, 2.45) is 0 Å². The van der Waals surface area contributed by atoms with Gasteiger partial charge in [0, 0.05) is 4.90 Å². The molecule has 0 aromatic heterocycles. The van der Waals surface area contributed by atoms with Crippen molar-refractivity contribution in [1.29, 1.82) is 0 Å². The van der Waals surface area contributed by atoms with E-state index in [0.717, 1.165) is 4.90 Å². The van der Waals surface area contributed by atoms with Gasteiger partial charge in [0.1, 0.15) is 5.82 Å². The van der Waals surface area contributed by atoms with Crippen LogP contribution in [0.1, 0.15) is 0 Å². The summed E-state index contributed by atoms with van der Waals surface area (Å²) in [5, 5.41) is 9.55. The van der Waals surface area contributed by atoms with Crippen molar-refractivity contribution in [2.45, 2.75) is 16.2 Å². The third-order valence-corrected chi connectivity index (χ3v) is 3.40. The Morgan fingerprint density at radius 2 is 2.00 bits per heavy atom. The van der Waals surface area contributed by atoms with E-state index in [9.17, 15) is 9.50 Å². The van der Waals surface area contributed by atoms with Gasteiger partial charge in [0.25, 0.3) is 0 Å². The predicted molar refractivity (Wildman–Crippen MR) is 52.9 cm³/mol. The highest BCUT2D eigenvalue weighted by molar-refractivity contribution is 8.00. The molecule has 1 N–H and O–H groups in total. The summed E-state index contributed by atoms with van der Waals surface area (Å²) in [6.45, 7) is 0.960. The van der Waals surface area contributed by atoms with Gasteiger partial charge in [0.15, 0.2) is 0 Å². The molecule has 0 radical (unpaired) electrons. The van der Waals surface area contributed by atoms with Crippen molar-refractivity contribution >= 4 is 11.8 Å². The van der Waals surface area contributed by atoms with Crippen LogP contribution in [0, 0.1) is 5.82 Å². The molecule has 2 atom stereocenters. The molecule has 14 heavy (non-hydrogen) atoms. The maximum absolute atomic E-state index is 12.6. The number of hydrogen-bond donors (Lipinski definition) is 1. The van der Waals surface area contributed by atoms with Crippen LogP contribution in [-0.2, 0) is 4.74 Å². The van der Waals surface area contributed by atoms with Crippen LogP contribution in [0.15, 0.2) is 29.2 Å². The van der Waals surface area contributed by atoms with E-state index < -0.39 is 6.10 Å². The molecule has 0 saturated carbocycles. The molecule has 0 bridgehead atoms. The normalized spacial score (nSPS) is 26.7. The van der Waals surface area contributed by atoms with E-state index in [0.29, 0.717) is 13.2 Å². The number of ether oxygens (including phenoxy) is 1. The minimum atomic E-state index is -0.412. The zero-order chi connectivity index (χ0) is 9.97. The minimum Gasteiger partial charge on any atom is -0.389 e. The molecule has 0 amide bonds. The molecule has 0 spiro atoms. The second-order valence-electron chi connectivity index (χ2n) is 3.22. The van der Waals surface area contributed by atoms with Crippen molar-refractivity contribution in [1.82, 2.24) is 0 Å². The first-order chi connectivity index (χ1) is 6.75. The van der Waals surface area contributed by atoms with E-state index in [-0.39, 0.29) is 11.1 Å². The Kier molecular flexibility index (Phi) is 3.05. The number of halogens is 1. The molecule has 1 fully saturated rings. The lowest BCUT2D eigenvalue weighted by Crippen LogP contribution is -2.19. The van der Waals surface area contributed by atoms with Crippen LogP contribution in [0.5, 0.6) is 0 Å². The van der Waals surface area contributed by atoms with Gasteiger partial charge >= 0.3 is 0 Å². The van der Waals surface area contributed by atoms with Crippen molar-refractivity contribution in [2.75, 3.05) is 13.2 Å². The summed E-state index contributed by atoms with van der Waals surface area (Å²) in [6, 6.07) is 6.27. The van der Waals surface area contributed by atoms with E-state index in [4.69, 9.17) is 4.74 Å². The zero-order valence-corrected chi connectivity index (χ0v) is 8.34. The second kappa shape index (κ2) is 4.29. The molecule has 2 nitrogen and oxygen atoms in total. The van der Waals surface area contributed by atoms with Crippen molar-refractivity contribution < 1.29 is 14.2 Å². The summed E-state index contributed by atoms with van der Waals surface area (Å²) < 4.78 is 17.7. The van der Waals surface area contributed by atoms with Gasteiger partial charge in [-0.3, -0.25) is 0 Å². The molecular weight excluding hydrogens is 203 g/mol. The second-order valence-corrected chi connectivity index (χ2v) is 4.53. The molecule has 1 aliphatic heterocycles. The van der Waals surface area contributed by atoms with Crippen molar-refractivity contribution in [3.8, 4) is 0 Å². The first kappa shape index (κ1) is 9.96. The summed E-state index contributed by atoms with van der Waals surface area (Å²) >= 11 is 1.53. The lowest BCUT2D eigenvalue weighted by atomic mass is 10.3. The van der Waals surface area contributed by atoms with Gasteiger partial charge in [-0.2, -0.15) is 0 Å². The smallest absolute Gasteiger partial charge is 0.123 e. The van der Waals surface area contributed by atoms with Crippen LogP contribution in [0.2, 0.25) is 0 Å². The van der Waals surface area contributed by atoms with E-state index in [1.807, 2.05) is 0 Å². The Morgan fingerprint density at radius 3 is 2.57 bits per heavy atom. The SMILES string of the molecule is O[C@@H]1COC[C@H]1Sc1ccc(F)cc1. The lowest BCUT2D eigenvalue weighted by molar-refractivity contribution is 0.127. The highest BCUT2D eigenvalue weighted by Gasteiger charge is 2.26. The van der Waals surface area contributed by atoms with Crippen molar-refractivity contribution in [3.05, 3.63) is 30.1 Å². The number of aliphatic hydroxyl groups is 1. The Morgan fingerprint density at radius 1 is 1.29 bits per heavy atom. The van der Waals surface area contributed by atoms with Crippen LogP contribution < -0.4 is 0 Å². The Balaban J connectivity index is 2.00. The summed E-state index contributed by atoms with van der Waals surface area (Å²) in [4.78, 5) is 0.959. The summed E-state index contributed by atoms with van der Waals surface area (Å²) in [7, 11) is 0. The van der Waals surface area contributed by atoms with Gasteiger partial charge in [-0.1, -0.05) is 0 Å². The highest BCUT2D eigenvalue weighted by atomic mass is 32.2. The molecule has 1 aliphatic rings. The van der Waals surface area contributed by atoms with Gasteiger partial charge in [-0.15, -0.1) is 11.8 Å². The number of aliphatic hydroxyl groups excluding tert-OH is 1. The molecule has 0 aliphatic carbocycles. The van der Waals surface area contributed by atoms with Crippen LogP contribution in [0.3, 0.4) is 0 Å². The molecule has 1 aromatic rings. The third-order valence-electron chi connectivity index (χ3n) is 2.10. The van der Waals surface area contributed by atoms with E-state index in [2.05, 4.69) is 0 Å². The maximum Gasteiger partial charge on any atom is 0.123 e. The van der Waals surface area contributed by atoms with Gasteiger partial charge < -0.3 is 9.84 Å². The average Bonchev–Trinajstić information content (AvgIpc) is 2.56. The topological polar surface area (TPSA) is 29.5 Å². The van der Waals surface area contributed by atoms with Crippen LogP contribution >= 0.6 is 11.8 Å². The molecule has 4 heteroatoms. The minimum absolute atomic E-state index is 0.0699. The third kappa shape index (κ3) is 2.26. The standard InChI is InChI=1S/C10H11FO2S/c11-7-1-3-8(4-2-7)14-10-6-13-5-9(10)12/h1-4,9-10,12H,5-6H2/t9-,10-/m1/s1. The fourth-order valence-electron chi connectivity index (χ4n) is 1.32. The van der Waals surface area contributed by atoms with Gasteiger partial charge in [-0.25, -0.2) is 4.39 Å². The van der Waals surface area contributed by atoms with Gasteiger partial charge in [0.05, 0.1) is 24.6 Å². The van der Waals surface area contributed by atoms with Crippen LogP contribution in [-0.4, -0.2) is 29.7 Å². The molecule has 0 unspecified atom stereocenters. The molecule has 2 rings (SSSR count). The van der Waals surface area contributed by atoms with E-state index >= 15 is 0 Å². The highest BCUT2D eigenvalue weighted by Crippen LogP contribution is 2.28. The molecule has 1 heterocycles. The average molecular weight is 214 g/mol. The molecule has 1 saturated heterocycles. The van der Waals surface area contributed by atoms with E-state index in [1.54, 1.807) is 12.1 Å². The molecule has 1 aromatic carbocycles. The summed E-state index contributed by atoms with van der Waals surface area (Å²) in [5.74, 6) is -0.238. The number of benzene rings is 1. The van der Waals surface area contributed by atoms with Crippen LogP contribution in [0.4, 0.5) is 4.39 Å². The largest absolute Gasteiger partial charge is 0.389 e. The maximum atomic E-state index is 12.6. The van der Waals surface area contributed by atoms with Gasteiger partial charge in [-0.05, 0) is 24.3 Å². The molecular formula is C10H11FO2S. The predicted octanol–water partition coefficient (Wildman–Crippen LogP) is 1.68. The number of rotatable bonds is 2. The first-order valence-corrected chi connectivity index (χ1v) is 5.32. The van der Waals surface area contributed by atoms with E-state index in [1.165, 1.54) is 23.9 Å². The fraction of sp³-hybridized carbons (Fsp3) is 0.400. The lowest BCUT2D eigenvalue weighted by Gasteiger charge is -2.11. The van der Waals surface area contributed by atoms with Crippen molar-refractivity contribution in [3.63, 3.8) is 0 Å². The summed E-state index contributed by atoms with van der Waals surface area (Å²) in [5.41, 5.74) is 0. The number of thioether (sulfide) groups is 1. The summed E-state index contributed by atoms with van der Waals surface area (Å²) in [6.07, 6.45) is -0.412. The number of hydrogen-bond acceptors (Lipinski definition) is 3. The Bertz CT molecular complexity index is 301. The fourth-order valence-corrected chi connectivity index (χ4v) is 2.37. The first-order valence-electron chi connectivity index (χ1n) is 4.44.